The summed E-state index contributed by atoms with van der Waals surface area (Å²) in [4.78, 5) is 4.94. The van der Waals surface area contributed by atoms with Crippen LogP contribution in [0.2, 0.25) is 0 Å². The van der Waals surface area contributed by atoms with E-state index in [2.05, 4.69) is 20.8 Å². The average molecular weight is 618 g/mol. The maximum absolute atomic E-state index is 12.4. The van der Waals surface area contributed by atoms with Crippen LogP contribution < -0.4 is 0 Å². The first-order valence-corrected chi connectivity index (χ1v) is 14.4. The van der Waals surface area contributed by atoms with Crippen molar-refractivity contribution < 1.29 is 42.1 Å². The van der Waals surface area contributed by atoms with Gasteiger partial charge in [0.2, 0.25) is 0 Å². The third kappa shape index (κ3) is 11.5. The largest absolute Gasteiger partial charge is 0.507 e. The second-order valence-electron chi connectivity index (χ2n) is 11.8. The number of para-hydroxylation sites is 1. The van der Waals surface area contributed by atoms with Crippen molar-refractivity contribution in [3.05, 3.63) is 137 Å². The van der Waals surface area contributed by atoms with Crippen molar-refractivity contribution in [1.29, 1.82) is 0 Å². The molecule has 6 heteroatoms. The molecule has 4 aromatic rings. The number of phenolic OH excluding ortho intramolecular Hbond substituents is 1. The number of hydrogen-bond acceptors (Lipinski definition) is 5. The Hall–Kier alpha value is -3.06. The zero-order chi connectivity index (χ0) is 31.3. The van der Waals surface area contributed by atoms with Crippen LogP contribution in [0.5, 0.6) is 5.75 Å². The standard InChI is InChI=1S/C31H31NO2.2C3H8O.Ti/c1-30(2,3)27-21-13-16-24(28(27)33)22-32-29(23-14-7-4-8-15-23)31(34,25-17-9-5-10-18-25)26-19-11-6-12-20-26;2*1-3(2)4;/h4-22,29,33-34H,1-3H3;2*3-4H,1-2H3;/t29-;;;/m1.../s1. The Morgan fingerprint density at radius 3 is 1.42 bits per heavy atom. The summed E-state index contributed by atoms with van der Waals surface area (Å²) in [7, 11) is 0. The van der Waals surface area contributed by atoms with Gasteiger partial charge in [-0.1, -0.05) is 124 Å². The molecule has 0 aliphatic heterocycles. The van der Waals surface area contributed by atoms with Gasteiger partial charge in [-0.2, -0.15) is 0 Å². The Balaban J connectivity index is 0.000000917. The maximum atomic E-state index is 12.4. The van der Waals surface area contributed by atoms with Gasteiger partial charge in [0.25, 0.3) is 0 Å². The molecule has 4 N–H and O–H groups in total. The molecule has 0 aromatic heterocycles. The van der Waals surface area contributed by atoms with Crippen molar-refractivity contribution in [2.24, 2.45) is 4.99 Å². The molecule has 0 unspecified atom stereocenters. The van der Waals surface area contributed by atoms with Gasteiger partial charge < -0.3 is 20.4 Å². The van der Waals surface area contributed by atoms with Crippen molar-refractivity contribution in [1.82, 2.24) is 0 Å². The number of phenols is 1. The van der Waals surface area contributed by atoms with Crippen LogP contribution in [0.25, 0.3) is 0 Å². The number of aromatic hydroxyl groups is 1. The van der Waals surface area contributed by atoms with E-state index in [4.69, 9.17) is 15.2 Å². The molecule has 0 saturated carbocycles. The van der Waals surface area contributed by atoms with Crippen LogP contribution in [0.4, 0.5) is 0 Å². The van der Waals surface area contributed by atoms with E-state index < -0.39 is 11.6 Å². The maximum Gasteiger partial charge on any atom is 0.141 e. The van der Waals surface area contributed by atoms with Crippen molar-refractivity contribution in [2.75, 3.05) is 0 Å². The van der Waals surface area contributed by atoms with Crippen LogP contribution >= 0.6 is 0 Å². The van der Waals surface area contributed by atoms with E-state index in [0.29, 0.717) is 5.56 Å². The van der Waals surface area contributed by atoms with Gasteiger partial charge in [0, 0.05) is 45.7 Å². The van der Waals surface area contributed by atoms with E-state index in [1.165, 1.54) is 0 Å². The van der Waals surface area contributed by atoms with Crippen LogP contribution in [0.1, 0.15) is 82.3 Å². The van der Waals surface area contributed by atoms with Gasteiger partial charge in [0.15, 0.2) is 0 Å². The summed E-state index contributed by atoms with van der Waals surface area (Å²) in [5.74, 6) is 0.216. The molecule has 1 atom stereocenters. The fraction of sp³-hybridized carbons (Fsp3) is 0.324. The summed E-state index contributed by atoms with van der Waals surface area (Å²) >= 11 is 0. The summed E-state index contributed by atoms with van der Waals surface area (Å²) in [6.07, 6.45) is 1.35. The summed E-state index contributed by atoms with van der Waals surface area (Å²) in [6, 6.07) is 34.2. The van der Waals surface area contributed by atoms with Crippen LogP contribution in [-0.2, 0) is 32.7 Å². The van der Waals surface area contributed by atoms with E-state index in [0.717, 1.165) is 22.3 Å². The van der Waals surface area contributed by atoms with Gasteiger partial charge in [-0.3, -0.25) is 4.99 Å². The van der Waals surface area contributed by atoms with Crippen LogP contribution in [0.15, 0.2) is 114 Å². The monoisotopic (exact) mass is 617 g/mol. The summed E-state index contributed by atoms with van der Waals surface area (Å²) in [5, 5.41) is 39.5. The van der Waals surface area contributed by atoms with Gasteiger partial charge >= 0.3 is 0 Å². The molecule has 0 fully saturated rings. The van der Waals surface area contributed by atoms with Gasteiger partial charge in [-0.05, 0) is 61.4 Å². The van der Waals surface area contributed by atoms with E-state index in [-0.39, 0.29) is 45.1 Å². The minimum absolute atomic E-state index is 0. The van der Waals surface area contributed by atoms with Crippen molar-refractivity contribution in [3.63, 3.8) is 0 Å². The van der Waals surface area contributed by atoms with Crippen molar-refractivity contribution >= 4 is 6.21 Å². The topological polar surface area (TPSA) is 93.3 Å². The predicted octanol–water partition coefficient (Wildman–Crippen LogP) is 7.56. The number of aliphatic imine (C=N–C) groups is 1. The Bertz CT molecular complexity index is 1300. The first-order valence-electron chi connectivity index (χ1n) is 14.4. The van der Waals surface area contributed by atoms with Crippen LogP contribution in [0.3, 0.4) is 0 Å². The number of benzene rings is 4. The summed E-state index contributed by atoms with van der Waals surface area (Å²) in [6.45, 7) is 13.1. The Labute approximate surface area is 272 Å². The third-order valence-corrected chi connectivity index (χ3v) is 6.18. The minimum Gasteiger partial charge on any atom is -0.507 e. The Morgan fingerprint density at radius 1 is 0.628 bits per heavy atom. The molecular formula is C37H47NO4Ti. The predicted molar refractivity (Wildman–Crippen MR) is 174 cm³/mol. The molecule has 0 bridgehead atoms. The molecular weight excluding hydrogens is 570 g/mol. The van der Waals surface area contributed by atoms with Gasteiger partial charge in [-0.15, -0.1) is 0 Å². The van der Waals surface area contributed by atoms with Crippen LogP contribution in [-0.4, -0.2) is 38.8 Å². The number of hydrogen-bond donors (Lipinski definition) is 4. The molecule has 0 heterocycles. The molecule has 5 nitrogen and oxygen atoms in total. The van der Waals surface area contributed by atoms with Crippen molar-refractivity contribution in [2.45, 2.75) is 77.7 Å². The normalized spacial score (nSPS) is 12.1. The summed E-state index contributed by atoms with van der Waals surface area (Å²) in [5.41, 5.74) is 2.23. The van der Waals surface area contributed by atoms with E-state index in [9.17, 15) is 10.2 Å². The fourth-order valence-corrected chi connectivity index (χ4v) is 4.36. The Morgan fingerprint density at radius 2 is 1.02 bits per heavy atom. The molecule has 0 saturated heterocycles. The summed E-state index contributed by atoms with van der Waals surface area (Å²) < 4.78 is 0. The first kappa shape index (κ1) is 38.0. The quantitative estimate of drug-likeness (QED) is 0.133. The Kier molecular flexibility index (Phi) is 15.8. The van der Waals surface area contributed by atoms with Gasteiger partial charge in [0.1, 0.15) is 17.4 Å². The minimum atomic E-state index is -1.42. The molecule has 0 amide bonds. The molecule has 0 aliphatic rings. The van der Waals surface area contributed by atoms with E-state index in [1.807, 2.05) is 109 Å². The number of nitrogens with zero attached hydrogens (tertiary/aromatic N) is 1. The SMILES string of the molecule is CC(C)(C)c1cccc(C=N[C@H](c2ccccc2)C(O)(c2ccccc2)c2ccccc2)c1O.CC(C)O.CC(C)O.[Ti]. The van der Waals surface area contributed by atoms with E-state index in [1.54, 1.807) is 33.9 Å². The molecule has 4 rings (SSSR count). The molecule has 0 spiro atoms. The first-order chi connectivity index (χ1) is 19.8. The van der Waals surface area contributed by atoms with Crippen LogP contribution in [0, 0.1) is 0 Å². The second kappa shape index (κ2) is 17.9. The molecule has 4 aromatic carbocycles. The smallest absolute Gasteiger partial charge is 0.141 e. The second-order valence-corrected chi connectivity index (χ2v) is 11.8. The van der Waals surface area contributed by atoms with Gasteiger partial charge in [0.05, 0.1) is 0 Å². The third-order valence-electron chi connectivity index (χ3n) is 6.18. The van der Waals surface area contributed by atoms with E-state index >= 15 is 0 Å². The fourth-order valence-electron chi connectivity index (χ4n) is 4.36. The van der Waals surface area contributed by atoms with Crippen molar-refractivity contribution in [3.8, 4) is 5.75 Å². The average Bonchev–Trinajstić information content (AvgIpc) is 2.94. The number of aliphatic hydroxyl groups excluding tert-OH is 2. The number of aliphatic hydroxyl groups is 3. The molecule has 0 radical (unpaired) electrons. The number of rotatable bonds is 6. The van der Waals surface area contributed by atoms with Gasteiger partial charge in [-0.25, -0.2) is 0 Å². The zero-order valence-corrected chi connectivity index (χ0v) is 28.0. The molecule has 43 heavy (non-hydrogen) atoms. The zero-order valence-electron chi connectivity index (χ0n) is 26.4. The molecule has 0 aliphatic carbocycles. The molecule has 228 valence electrons.